The second kappa shape index (κ2) is 5.67. The molecule has 17 heavy (non-hydrogen) atoms. The summed E-state index contributed by atoms with van der Waals surface area (Å²) in [6.07, 6.45) is 3.32. The Labute approximate surface area is 106 Å². The molecule has 0 fully saturated rings. The monoisotopic (exact) mass is 237 g/mol. The third-order valence-electron chi connectivity index (χ3n) is 2.85. The van der Waals surface area contributed by atoms with Gasteiger partial charge in [-0.1, -0.05) is 34.6 Å². The molecule has 0 bridgehead atoms. The zero-order chi connectivity index (χ0) is 13.1. The second-order valence-electron chi connectivity index (χ2n) is 6.36. The van der Waals surface area contributed by atoms with Gasteiger partial charge in [-0.05, 0) is 24.3 Å². The molecule has 0 radical (unpaired) electrons. The van der Waals surface area contributed by atoms with E-state index in [-0.39, 0.29) is 0 Å². The van der Waals surface area contributed by atoms with E-state index in [9.17, 15) is 0 Å². The quantitative estimate of drug-likeness (QED) is 0.798. The highest BCUT2D eigenvalue weighted by molar-refractivity contribution is 5.19. The van der Waals surface area contributed by atoms with Gasteiger partial charge in [-0.15, -0.1) is 0 Å². The van der Waals surface area contributed by atoms with Crippen LogP contribution in [0.5, 0.6) is 0 Å². The number of hydrogen-bond acceptors (Lipinski definition) is 2. The van der Waals surface area contributed by atoms with Gasteiger partial charge < -0.3 is 5.32 Å². The van der Waals surface area contributed by atoms with Gasteiger partial charge in [-0.25, -0.2) is 0 Å². The molecule has 1 heterocycles. The van der Waals surface area contributed by atoms with E-state index in [0.717, 1.165) is 13.1 Å². The van der Waals surface area contributed by atoms with Crippen LogP contribution in [-0.2, 0) is 13.6 Å². The summed E-state index contributed by atoms with van der Waals surface area (Å²) in [6, 6.07) is 0. The lowest BCUT2D eigenvalue weighted by atomic mass is 9.92. The zero-order valence-corrected chi connectivity index (χ0v) is 12.2. The Morgan fingerprint density at radius 1 is 1.35 bits per heavy atom. The highest BCUT2D eigenvalue weighted by atomic mass is 15.3. The molecule has 1 N–H and O–H groups in total. The Bertz CT molecular complexity index is 345. The van der Waals surface area contributed by atoms with Crippen LogP contribution in [0.3, 0.4) is 0 Å². The smallest absolute Gasteiger partial charge is 0.0694 e. The van der Waals surface area contributed by atoms with E-state index >= 15 is 0 Å². The molecule has 0 aliphatic carbocycles. The zero-order valence-electron chi connectivity index (χ0n) is 12.2. The van der Waals surface area contributed by atoms with Gasteiger partial charge in [0, 0.05) is 25.4 Å². The number of aromatic nitrogens is 2. The highest BCUT2D eigenvalue weighted by Crippen LogP contribution is 2.18. The molecule has 0 aliphatic heterocycles. The van der Waals surface area contributed by atoms with Crippen molar-refractivity contribution in [1.29, 1.82) is 0 Å². The first kappa shape index (κ1) is 14.2. The Kier molecular flexibility index (Phi) is 4.75. The number of rotatable bonds is 5. The molecule has 0 atom stereocenters. The minimum absolute atomic E-state index is 0.406. The lowest BCUT2D eigenvalue weighted by molar-refractivity contribution is 0.366. The SMILES string of the molecule is CC(C)c1nn(C)cc1CNCCC(C)(C)C. The van der Waals surface area contributed by atoms with E-state index in [1.54, 1.807) is 0 Å². The Morgan fingerprint density at radius 2 is 2.00 bits per heavy atom. The fourth-order valence-corrected chi connectivity index (χ4v) is 1.86. The number of hydrogen-bond donors (Lipinski definition) is 1. The first-order valence-corrected chi connectivity index (χ1v) is 6.53. The molecular weight excluding hydrogens is 210 g/mol. The van der Waals surface area contributed by atoms with Crippen LogP contribution in [-0.4, -0.2) is 16.3 Å². The first-order chi connectivity index (χ1) is 7.79. The maximum Gasteiger partial charge on any atom is 0.0694 e. The molecule has 3 heteroatoms. The third kappa shape index (κ3) is 4.90. The van der Waals surface area contributed by atoms with Gasteiger partial charge in [0.2, 0.25) is 0 Å². The van der Waals surface area contributed by atoms with Crippen molar-refractivity contribution in [2.75, 3.05) is 6.54 Å². The molecular formula is C14H27N3. The van der Waals surface area contributed by atoms with Gasteiger partial charge in [0.15, 0.2) is 0 Å². The van der Waals surface area contributed by atoms with E-state index in [0.29, 0.717) is 11.3 Å². The predicted molar refractivity (Wildman–Crippen MR) is 73.1 cm³/mol. The summed E-state index contributed by atoms with van der Waals surface area (Å²) in [5, 5.41) is 8.03. The van der Waals surface area contributed by atoms with E-state index in [1.165, 1.54) is 17.7 Å². The standard InChI is InChI=1S/C14H27N3/c1-11(2)13-12(10-17(6)16-13)9-15-8-7-14(3,4)5/h10-11,15H,7-9H2,1-6H3. The second-order valence-corrected chi connectivity index (χ2v) is 6.36. The number of nitrogens with one attached hydrogen (secondary N) is 1. The normalized spacial score (nSPS) is 12.4. The molecule has 1 rings (SSSR count). The van der Waals surface area contributed by atoms with Gasteiger partial charge in [0.05, 0.1) is 5.69 Å². The van der Waals surface area contributed by atoms with Crippen molar-refractivity contribution in [2.45, 2.75) is 53.5 Å². The van der Waals surface area contributed by atoms with Crippen molar-refractivity contribution < 1.29 is 0 Å². The number of aryl methyl sites for hydroxylation is 1. The van der Waals surface area contributed by atoms with Crippen molar-refractivity contribution in [3.63, 3.8) is 0 Å². The molecule has 0 unspecified atom stereocenters. The van der Waals surface area contributed by atoms with Gasteiger partial charge >= 0.3 is 0 Å². The van der Waals surface area contributed by atoms with Crippen molar-refractivity contribution in [1.82, 2.24) is 15.1 Å². The van der Waals surface area contributed by atoms with Crippen LogP contribution >= 0.6 is 0 Å². The fraction of sp³-hybridized carbons (Fsp3) is 0.786. The van der Waals surface area contributed by atoms with Crippen LogP contribution in [0.15, 0.2) is 6.20 Å². The summed E-state index contributed by atoms with van der Waals surface area (Å²) in [6.45, 7) is 13.2. The van der Waals surface area contributed by atoms with Gasteiger partial charge in [0.1, 0.15) is 0 Å². The minimum atomic E-state index is 0.406. The highest BCUT2D eigenvalue weighted by Gasteiger charge is 2.12. The predicted octanol–water partition coefficient (Wildman–Crippen LogP) is 3.07. The van der Waals surface area contributed by atoms with Crippen LogP contribution in [0.1, 0.15) is 58.2 Å². The molecule has 3 nitrogen and oxygen atoms in total. The fourth-order valence-electron chi connectivity index (χ4n) is 1.86. The Hall–Kier alpha value is -0.830. The largest absolute Gasteiger partial charge is 0.313 e. The van der Waals surface area contributed by atoms with Crippen molar-refractivity contribution in [3.05, 3.63) is 17.5 Å². The van der Waals surface area contributed by atoms with Crippen molar-refractivity contribution in [2.24, 2.45) is 12.5 Å². The molecule has 0 amide bonds. The molecule has 0 aliphatic rings. The van der Waals surface area contributed by atoms with Gasteiger partial charge in [-0.3, -0.25) is 4.68 Å². The average molecular weight is 237 g/mol. The van der Waals surface area contributed by atoms with E-state index in [2.05, 4.69) is 51.2 Å². The summed E-state index contributed by atoms with van der Waals surface area (Å²) >= 11 is 0. The summed E-state index contributed by atoms with van der Waals surface area (Å²) in [5.41, 5.74) is 2.95. The van der Waals surface area contributed by atoms with E-state index in [1.807, 2.05) is 11.7 Å². The van der Waals surface area contributed by atoms with Crippen LogP contribution in [0.25, 0.3) is 0 Å². The van der Waals surface area contributed by atoms with Crippen LogP contribution in [0.4, 0.5) is 0 Å². The average Bonchev–Trinajstić information content (AvgIpc) is 2.53. The Balaban J connectivity index is 2.46. The molecule has 0 saturated carbocycles. The van der Waals surface area contributed by atoms with E-state index < -0.39 is 0 Å². The summed E-state index contributed by atoms with van der Waals surface area (Å²) < 4.78 is 1.91. The molecule has 1 aromatic heterocycles. The summed E-state index contributed by atoms with van der Waals surface area (Å²) in [4.78, 5) is 0. The van der Waals surface area contributed by atoms with Gasteiger partial charge in [0.25, 0.3) is 0 Å². The Morgan fingerprint density at radius 3 is 2.53 bits per heavy atom. The minimum Gasteiger partial charge on any atom is -0.313 e. The maximum absolute atomic E-state index is 4.51. The summed E-state index contributed by atoms with van der Waals surface area (Å²) in [7, 11) is 1.99. The first-order valence-electron chi connectivity index (χ1n) is 6.53. The molecule has 0 spiro atoms. The lowest BCUT2D eigenvalue weighted by Gasteiger charge is -2.18. The third-order valence-corrected chi connectivity index (χ3v) is 2.85. The van der Waals surface area contributed by atoms with Crippen LogP contribution in [0.2, 0.25) is 0 Å². The molecule has 0 saturated heterocycles. The molecule has 98 valence electrons. The lowest BCUT2D eigenvalue weighted by Crippen LogP contribution is -2.20. The van der Waals surface area contributed by atoms with Crippen LogP contribution < -0.4 is 5.32 Å². The van der Waals surface area contributed by atoms with Crippen molar-refractivity contribution in [3.8, 4) is 0 Å². The van der Waals surface area contributed by atoms with Gasteiger partial charge in [-0.2, -0.15) is 5.10 Å². The molecule has 0 aromatic carbocycles. The summed E-state index contributed by atoms with van der Waals surface area (Å²) in [5.74, 6) is 0.496. The number of nitrogens with zero attached hydrogens (tertiary/aromatic N) is 2. The van der Waals surface area contributed by atoms with E-state index in [4.69, 9.17) is 0 Å². The van der Waals surface area contributed by atoms with Crippen molar-refractivity contribution >= 4 is 0 Å². The topological polar surface area (TPSA) is 29.9 Å². The van der Waals surface area contributed by atoms with Crippen LogP contribution in [0, 0.1) is 5.41 Å². The maximum atomic E-state index is 4.51. The molecule has 1 aromatic rings.